The van der Waals surface area contributed by atoms with Gasteiger partial charge in [0.15, 0.2) is 0 Å². The van der Waals surface area contributed by atoms with E-state index in [1.165, 1.54) is 37.2 Å². The second-order valence-corrected chi connectivity index (χ2v) is 6.81. The third-order valence-electron chi connectivity index (χ3n) is 4.81. The Bertz CT molecular complexity index is 478. The predicted molar refractivity (Wildman–Crippen MR) is 96.0 cm³/mol. The van der Waals surface area contributed by atoms with Gasteiger partial charge >= 0.3 is 0 Å². The largest absolute Gasteiger partial charge is 0.378 e. The van der Waals surface area contributed by atoms with Gasteiger partial charge in [0.1, 0.15) is 6.04 Å². The number of likely N-dealkylation sites (tertiary alicyclic amines) is 1. The Labute approximate surface area is 140 Å². The van der Waals surface area contributed by atoms with Crippen LogP contribution in [-0.2, 0) is 4.79 Å². The Balaban J connectivity index is 2.03. The van der Waals surface area contributed by atoms with E-state index < -0.39 is 0 Å². The zero-order chi connectivity index (χ0) is 16.7. The highest BCUT2D eigenvalue weighted by Gasteiger charge is 2.27. The highest BCUT2D eigenvalue weighted by molar-refractivity contribution is 5.75. The molecule has 2 N–H and O–H groups in total. The molecule has 1 aromatic carbocycles. The summed E-state index contributed by atoms with van der Waals surface area (Å²) in [6.45, 7) is 5.30. The second kappa shape index (κ2) is 8.92. The zero-order valence-corrected chi connectivity index (χ0v) is 14.9. The minimum Gasteiger partial charge on any atom is -0.378 e. The van der Waals surface area contributed by atoms with Crippen LogP contribution in [0, 0.1) is 0 Å². The monoisotopic (exact) mass is 318 g/mol. The van der Waals surface area contributed by atoms with Gasteiger partial charge in [0.25, 0.3) is 0 Å². The van der Waals surface area contributed by atoms with Gasteiger partial charge in [-0.05, 0) is 18.6 Å². The molecule has 4 heteroatoms. The predicted octanol–water partition coefficient (Wildman–Crippen LogP) is 1.78. The van der Waals surface area contributed by atoms with Crippen LogP contribution in [0.25, 0.3) is 0 Å². The highest BCUT2D eigenvalue weighted by Crippen LogP contribution is 2.17. The first-order valence-corrected chi connectivity index (χ1v) is 9.00. The van der Waals surface area contributed by atoms with E-state index in [0.717, 1.165) is 19.4 Å². The third kappa shape index (κ3) is 5.24. The lowest BCUT2D eigenvalue weighted by atomic mass is 10.0. The summed E-state index contributed by atoms with van der Waals surface area (Å²) in [5.41, 5.74) is 2.55. The number of unbranched alkanes of at least 4 members (excludes halogenated alkanes) is 1. The third-order valence-corrected chi connectivity index (χ3v) is 4.81. The molecule has 2 rings (SSSR count). The molecule has 1 saturated heterocycles. The molecule has 0 spiro atoms. The first-order valence-electron chi connectivity index (χ1n) is 9.00. The van der Waals surface area contributed by atoms with E-state index in [4.69, 9.17) is 0 Å². The smallest absolute Gasteiger partial charge is 0.220 e. The number of anilines is 1. The summed E-state index contributed by atoms with van der Waals surface area (Å²) in [5.74, 6) is 0.195. The van der Waals surface area contributed by atoms with Crippen LogP contribution in [0.15, 0.2) is 24.3 Å². The van der Waals surface area contributed by atoms with Crippen LogP contribution in [0.5, 0.6) is 0 Å². The molecule has 0 aliphatic carbocycles. The molecule has 0 radical (unpaired) electrons. The van der Waals surface area contributed by atoms with Gasteiger partial charge in [-0.25, -0.2) is 0 Å². The molecule has 1 aliphatic rings. The van der Waals surface area contributed by atoms with Crippen LogP contribution in [-0.4, -0.2) is 39.6 Å². The molecule has 1 amide bonds. The number of carbonyl (C=O) groups excluding carboxylic acids is 1. The molecular formula is C19H32N3O+. The van der Waals surface area contributed by atoms with E-state index >= 15 is 0 Å². The zero-order valence-electron chi connectivity index (χ0n) is 14.9. The summed E-state index contributed by atoms with van der Waals surface area (Å²) < 4.78 is 0. The van der Waals surface area contributed by atoms with E-state index in [1.807, 2.05) is 0 Å². The topological polar surface area (TPSA) is 36.8 Å². The normalized spacial score (nSPS) is 16.3. The van der Waals surface area contributed by atoms with Crippen LogP contribution in [0.1, 0.15) is 50.6 Å². The first kappa shape index (κ1) is 17.8. The molecule has 0 saturated carbocycles. The Hall–Kier alpha value is -1.55. The number of nitrogens with zero attached hydrogens (tertiary/aromatic N) is 1. The van der Waals surface area contributed by atoms with Crippen molar-refractivity contribution in [2.75, 3.05) is 38.6 Å². The van der Waals surface area contributed by atoms with Gasteiger partial charge in [-0.2, -0.15) is 0 Å². The van der Waals surface area contributed by atoms with Crippen molar-refractivity contribution in [3.63, 3.8) is 0 Å². The van der Waals surface area contributed by atoms with Gasteiger partial charge in [0, 0.05) is 44.6 Å². The van der Waals surface area contributed by atoms with Gasteiger partial charge in [0.05, 0.1) is 19.6 Å². The van der Waals surface area contributed by atoms with Crippen molar-refractivity contribution in [1.29, 1.82) is 0 Å². The average molecular weight is 318 g/mol. The lowest BCUT2D eigenvalue weighted by Crippen LogP contribution is -3.11. The summed E-state index contributed by atoms with van der Waals surface area (Å²) in [7, 11) is 4.12. The number of quaternary nitrogens is 1. The SMILES string of the molecule is CCCCC(=O)NC[C@H](c1ccc(N(C)C)cc1)[NH+]1CCCC1. The fourth-order valence-corrected chi connectivity index (χ4v) is 3.32. The molecule has 128 valence electrons. The Morgan fingerprint density at radius 3 is 2.43 bits per heavy atom. The van der Waals surface area contributed by atoms with Gasteiger partial charge in [-0.3, -0.25) is 4.79 Å². The van der Waals surface area contributed by atoms with Crippen LogP contribution in [0.2, 0.25) is 0 Å². The molecule has 1 aromatic rings. The van der Waals surface area contributed by atoms with Crippen LogP contribution < -0.4 is 15.1 Å². The molecule has 4 nitrogen and oxygen atoms in total. The van der Waals surface area contributed by atoms with Crippen molar-refractivity contribution in [3.05, 3.63) is 29.8 Å². The van der Waals surface area contributed by atoms with Crippen molar-refractivity contribution in [3.8, 4) is 0 Å². The number of benzene rings is 1. The molecule has 23 heavy (non-hydrogen) atoms. The quantitative estimate of drug-likeness (QED) is 0.767. The van der Waals surface area contributed by atoms with Crippen molar-refractivity contribution >= 4 is 11.6 Å². The highest BCUT2D eigenvalue weighted by atomic mass is 16.1. The van der Waals surface area contributed by atoms with Crippen LogP contribution in [0.4, 0.5) is 5.69 Å². The van der Waals surface area contributed by atoms with Crippen molar-refractivity contribution < 1.29 is 9.69 Å². The number of carbonyl (C=O) groups is 1. The summed E-state index contributed by atoms with van der Waals surface area (Å²) >= 11 is 0. The van der Waals surface area contributed by atoms with Gasteiger partial charge in [0.2, 0.25) is 5.91 Å². The standard InChI is InChI=1S/C19H31N3O/c1-4-5-8-19(23)20-15-18(22-13-6-7-14-22)16-9-11-17(12-10-16)21(2)3/h9-12,18H,4-8,13-15H2,1-3H3,(H,20,23)/p+1/t18-/m1/s1. The van der Waals surface area contributed by atoms with E-state index in [0.29, 0.717) is 12.5 Å². The minimum absolute atomic E-state index is 0.195. The Kier molecular flexibility index (Phi) is 6.90. The van der Waals surface area contributed by atoms with Crippen LogP contribution in [0.3, 0.4) is 0 Å². The van der Waals surface area contributed by atoms with Gasteiger partial charge < -0.3 is 15.1 Å². The minimum atomic E-state index is 0.195. The molecule has 0 aromatic heterocycles. The molecule has 1 atom stereocenters. The van der Waals surface area contributed by atoms with E-state index in [9.17, 15) is 4.79 Å². The Morgan fingerprint density at radius 2 is 1.87 bits per heavy atom. The lowest BCUT2D eigenvalue weighted by Gasteiger charge is -2.26. The molecule has 1 aliphatic heterocycles. The maximum atomic E-state index is 12.0. The molecule has 1 fully saturated rings. The maximum Gasteiger partial charge on any atom is 0.220 e. The number of amides is 1. The second-order valence-electron chi connectivity index (χ2n) is 6.81. The summed E-state index contributed by atoms with van der Waals surface area (Å²) in [5, 5.41) is 3.16. The number of nitrogens with one attached hydrogen (secondary N) is 2. The van der Waals surface area contributed by atoms with Crippen molar-refractivity contribution in [2.45, 2.75) is 45.1 Å². The van der Waals surface area contributed by atoms with Gasteiger partial charge in [-0.15, -0.1) is 0 Å². The van der Waals surface area contributed by atoms with Gasteiger partial charge in [-0.1, -0.05) is 25.5 Å². The van der Waals surface area contributed by atoms with E-state index in [2.05, 4.69) is 55.5 Å². The average Bonchev–Trinajstić information content (AvgIpc) is 3.08. The fraction of sp³-hybridized carbons (Fsp3) is 0.632. The summed E-state index contributed by atoms with van der Waals surface area (Å²) in [6.07, 6.45) is 5.29. The number of rotatable bonds is 8. The lowest BCUT2D eigenvalue weighted by molar-refractivity contribution is -0.918. The van der Waals surface area contributed by atoms with E-state index in [-0.39, 0.29) is 5.91 Å². The Morgan fingerprint density at radius 1 is 1.22 bits per heavy atom. The summed E-state index contributed by atoms with van der Waals surface area (Å²) in [4.78, 5) is 15.7. The fourth-order valence-electron chi connectivity index (χ4n) is 3.32. The molecule has 0 bridgehead atoms. The van der Waals surface area contributed by atoms with Crippen LogP contribution >= 0.6 is 0 Å². The number of hydrogen-bond acceptors (Lipinski definition) is 2. The van der Waals surface area contributed by atoms with Crippen molar-refractivity contribution in [1.82, 2.24) is 5.32 Å². The number of hydrogen-bond donors (Lipinski definition) is 2. The maximum absolute atomic E-state index is 12.0. The molecule has 0 unspecified atom stereocenters. The van der Waals surface area contributed by atoms with Crippen molar-refractivity contribution in [2.24, 2.45) is 0 Å². The molecular weight excluding hydrogens is 286 g/mol. The molecule has 1 heterocycles. The summed E-state index contributed by atoms with van der Waals surface area (Å²) in [6, 6.07) is 9.18. The van der Waals surface area contributed by atoms with E-state index in [1.54, 1.807) is 4.90 Å². The first-order chi connectivity index (χ1) is 11.1.